The molecule has 0 unspecified atom stereocenters. The van der Waals surface area contributed by atoms with Crippen LogP contribution in [0.25, 0.3) is 0 Å². The van der Waals surface area contributed by atoms with Crippen molar-refractivity contribution in [1.82, 2.24) is 0 Å². The molecular weight excluding hydrogens is 324 g/mol. The second-order valence-electron chi connectivity index (χ2n) is 4.70. The lowest BCUT2D eigenvalue weighted by Gasteiger charge is -2.20. The molecule has 0 aliphatic carbocycles. The molecular formula is C14H14N2O4S2. The summed E-state index contributed by atoms with van der Waals surface area (Å²) >= 11 is 1.23. The van der Waals surface area contributed by atoms with E-state index in [0.29, 0.717) is 11.4 Å². The zero-order valence-electron chi connectivity index (χ0n) is 11.8. The van der Waals surface area contributed by atoms with E-state index in [-0.39, 0.29) is 22.4 Å². The summed E-state index contributed by atoms with van der Waals surface area (Å²) < 4.78 is 32.9. The van der Waals surface area contributed by atoms with Crippen molar-refractivity contribution < 1.29 is 17.9 Å². The highest BCUT2D eigenvalue weighted by Crippen LogP contribution is 2.36. The first-order chi connectivity index (χ1) is 10.5. The third kappa shape index (κ3) is 2.79. The predicted octanol–water partition coefficient (Wildman–Crippen LogP) is 2.44. The van der Waals surface area contributed by atoms with Gasteiger partial charge in [0.15, 0.2) is 6.61 Å². The predicted molar refractivity (Wildman–Crippen MR) is 85.1 cm³/mol. The van der Waals surface area contributed by atoms with Crippen LogP contribution in [0.3, 0.4) is 0 Å². The lowest BCUT2D eigenvalue weighted by atomic mass is 10.2. The van der Waals surface area contributed by atoms with Crippen LogP contribution in [0.5, 0.6) is 5.75 Å². The molecule has 8 heteroatoms. The number of carbonyl (C=O) groups is 1. The van der Waals surface area contributed by atoms with Crippen LogP contribution in [0.15, 0.2) is 34.5 Å². The molecule has 0 bridgehead atoms. The average Bonchev–Trinajstić information content (AvgIpc) is 2.97. The van der Waals surface area contributed by atoms with Gasteiger partial charge in [0.05, 0.1) is 5.69 Å². The van der Waals surface area contributed by atoms with Gasteiger partial charge in [0, 0.05) is 4.88 Å². The summed E-state index contributed by atoms with van der Waals surface area (Å²) in [4.78, 5) is 12.4. The summed E-state index contributed by atoms with van der Waals surface area (Å²) in [7, 11) is -3.69. The molecule has 2 N–H and O–H groups in total. The Labute approximate surface area is 132 Å². The Bertz CT molecular complexity index is 827. The fourth-order valence-corrected chi connectivity index (χ4v) is 4.44. The monoisotopic (exact) mass is 338 g/mol. The highest BCUT2D eigenvalue weighted by molar-refractivity contribution is 7.94. The smallest absolute Gasteiger partial charge is 0.271 e. The summed E-state index contributed by atoms with van der Waals surface area (Å²) in [5.41, 5.74) is 0.631. The molecule has 0 spiro atoms. The molecule has 0 atom stereocenters. The van der Waals surface area contributed by atoms with Gasteiger partial charge in [0.2, 0.25) is 0 Å². The second-order valence-corrected chi connectivity index (χ2v) is 7.77. The first-order valence-electron chi connectivity index (χ1n) is 6.67. The van der Waals surface area contributed by atoms with Crippen molar-refractivity contribution in [3.05, 3.63) is 35.2 Å². The quantitative estimate of drug-likeness (QED) is 0.897. The normalized spacial score (nSPS) is 14.0. The van der Waals surface area contributed by atoms with Crippen LogP contribution in [0.1, 0.15) is 11.8 Å². The Morgan fingerprint density at radius 2 is 2.14 bits per heavy atom. The van der Waals surface area contributed by atoms with Crippen LogP contribution >= 0.6 is 11.3 Å². The molecule has 3 rings (SSSR count). The molecule has 1 aliphatic rings. The zero-order chi connectivity index (χ0) is 15.7. The van der Waals surface area contributed by atoms with Gasteiger partial charge in [-0.1, -0.05) is 13.0 Å². The van der Waals surface area contributed by atoms with Crippen molar-refractivity contribution in [3.8, 4) is 5.75 Å². The van der Waals surface area contributed by atoms with Crippen molar-refractivity contribution in [2.45, 2.75) is 17.6 Å². The maximum Gasteiger partial charge on any atom is 0.271 e. The highest BCUT2D eigenvalue weighted by Gasteiger charge is 2.23. The number of para-hydroxylation sites is 1. The van der Waals surface area contributed by atoms with Gasteiger partial charge in [-0.05, 0) is 30.7 Å². The van der Waals surface area contributed by atoms with Crippen LogP contribution in [0.4, 0.5) is 11.4 Å². The van der Waals surface area contributed by atoms with Gasteiger partial charge in [-0.15, -0.1) is 11.3 Å². The van der Waals surface area contributed by atoms with E-state index in [9.17, 15) is 13.2 Å². The van der Waals surface area contributed by atoms with E-state index < -0.39 is 10.0 Å². The molecule has 1 aliphatic heterocycles. The summed E-state index contributed by atoms with van der Waals surface area (Å²) in [6, 6.07) is 8.30. The van der Waals surface area contributed by atoms with Crippen molar-refractivity contribution in [2.24, 2.45) is 0 Å². The minimum absolute atomic E-state index is 0.0754. The van der Waals surface area contributed by atoms with E-state index in [2.05, 4.69) is 10.0 Å². The maximum absolute atomic E-state index is 12.4. The van der Waals surface area contributed by atoms with Gasteiger partial charge in [-0.3, -0.25) is 9.52 Å². The van der Waals surface area contributed by atoms with Crippen molar-refractivity contribution in [1.29, 1.82) is 0 Å². The van der Waals surface area contributed by atoms with Crippen molar-refractivity contribution >= 4 is 38.6 Å². The summed E-state index contributed by atoms with van der Waals surface area (Å²) in [6.45, 7) is 1.89. The molecule has 0 saturated heterocycles. The van der Waals surface area contributed by atoms with Crippen LogP contribution in [-0.2, 0) is 21.2 Å². The van der Waals surface area contributed by atoms with Crippen molar-refractivity contribution in [3.63, 3.8) is 0 Å². The van der Waals surface area contributed by atoms with Crippen molar-refractivity contribution in [2.75, 3.05) is 16.6 Å². The maximum atomic E-state index is 12.4. The molecule has 0 radical (unpaired) electrons. The summed E-state index contributed by atoms with van der Waals surface area (Å²) in [5.74, 6) is 0.128. The van der Waals surface area contributed by atoms with Gasteiger partial charge in [-0.2, -0.15) is 0 Å². The van der Waals surface area contributed by atoms with E-state index in [1.807, 2.05) is 6.92 Å². The molecule has 1 amide bonds. The standard InChI is InChI=1S/C14H14N2O4S2/c1-2-9-6-7-13(21-9)22(18,19)16-10-4-3-5-11-14(10)15-12(17)8-20-11/h3-7,16H,2,8H2,1H3,(H,15,17). The molecule has 1 aromatic heterocycles. The highest BCUT2D eigenvalue weighted by atomic mass is 32.2. The molecule has 116 valence electrons. The number of anilines is 2. The van der Waals surface area contributed by atoms with Gasteiger partial charge >= 0.3 is 0 Å². The Morgan fingerprint density at radius 1 is 1.32 bits per heavy atom. The van der Waals surface area contributed by atoms with E-state index in [1.54, 1.807) is 30.3 Å². The first-order valence-corrected chi connectivity index (χ1v) is 8.97. The molecule has 0 saturated carbocycles. The number of benzene rings is 1. The number of hydrogen-bond donors (Lipinski definition) is 2. The number of ether oxygens (including phenoxy) is 1. The molecule has 2 heterocycles. The minimum Gasteiger partial charge on any atom is -0.481 e. The van der Waals surface area contributed by atoms with E-state index in [1.165, 1.54) is 11.3 Å². The molecule has 22 heavy (non-hydrogen) atoms. The lowest BCUT2D eigenvalue weighted by Crippen LogP contribution is -2.26. The number of nitrogens with one attached hydrogen (secondary N) is 2. The number of thiophene rings is 1. The third-order valence-electron chi connectivity index (χ3n) is 3.14. The zero-order valence-corrected chi connectivity index (χ0v) is 13.4. The fourth-order valence-electron chi connectivity index (χ4n) is 2.07. The fraction of sp³-hybridized carbons (Fsp3) is 0.214. The molecule has 2 aromatic rings. The van der Waals surface area contributed by atoms with E-state index >= 15 is 0 Å². The summed E-state index contributed by atoms with van der Waals surface area (Å²) in [6.07, 6.45) is 0.783. The molecule has 6 nitrogen and oxygen atoms in total. The Morgan fingerprint density at radius 3 is 2.86 bits per heavy atom. The first kappa shape index (κ1) is 14.9. The topological polar surface area (TPSA) is 84.5 Å². The second kappa shape index (κ2) is 5.62. The van der Waals surface area contributed by atoms with E-state index in [4.69, 9.17) is 4.74 Å². The number of aryl methyl sites for hydroxylation is 1. The van der Waals surface area contributed by atoms with Crippen LogP contribution in [0.2, 0.25) is 0 Å². The third-order valence-corrected chi connectivity index (χ3v) is 6.23. The Kier molecular flexibility index (Phi) is 3.79. The Hall–Kier alpha value is -2.06. The van der Waals surface area contributed by atoms with Crippen LogP contribution < -0.4 is 14.8 Å². The van der Waals surface area contributed by atoms with Gasteiger partial charge in [0.25, 0.3) is 15.9 Å². The van der Waals surface area contributed by atoms with Crippen LogP contribution in [0, 0.1) is 0 Å². The number of carbonyl (C=O) groups excluding carboxylic acids is 1. The number of sulfonamides is 1. The number of rotatable bonds is 4. The van der Waals surface area contributed by atoms with Gasteiger partial charge < -0.3 is 10.1 Å². The van der Waals surface area contributed by atoms with Gasteiger partial charge in [-0.25, -0.2) is 8.42 Å². The molecule has 0 fully saturated rings. The summed E-state index contributed by atoms with van der Waals surface area (Å²) in [5, 5.41) is 2.63. The minimum atomic E-state index is -3.69. The van der Waals surface area contributed by atoms with E-state index in [0.717, 1.165) is 11.3 Å². The Balaban J connectivity index is 1.94. The number of hydrogen-bond acceptors (Lipinski definition) is 5. The number of amides is 1. The van der Waals surface area contributed by atoms with Crippen LogP contribution in [-0.4, -0.2) is 20.9 Å². The number of fused-ring (bicyclic) bond motifs is 1. The van der Waals surface area contributed by atoms with Gasteiger partial charge in [0.1, 0.15) is 15.6 Å². The largest absolute Gasteiger partial charge is 0.481 e. The average molecular weight is 338 g/mol. The lowest BCUT2D eigenvalue weighted by molar-refractivity contribution is -0.118. The molecule has 1 aromatic carbocycles. The SMILES string of the molecule is CCc1ccc(S(=O)(=O)Nc2cccc3c2NC(=O)CO3)s1.